The molecule has 0 aromatic carbocycles. The van der Waals surface area contributed by atoms with Crippen LogP contribution < -0.4 is 0 Å². The summed E-state index contributed by atoms with van der Waals surface area (Å²) >= 11 is 1.58. The highest BCUT2D eigenvalue weighted by atomic mass is 32.2. The topological polar surface area (TPSA) is 76.5 Å². The first-order valence-electron chi connectivity index (χ1n) is 7.49. The van der Waals surface area contributed by atoms with Crippen molar-refractivity contribution in [3.05, 3.63) is 35.7 Å². The van der Waals surface area contributed by atoms with Gasteiger partial charge in [0.15, 0.2) is 5.78 Å². The summed E-state index contributed by atoms with van der Waals surface area (Å²) in [4.78, 5) is 28.0. The van der Waals surface area contributed by atoms with E-state index in [1.807, 2.05) is 32.2 Å². The van der Waals surface area contributed by atoms with Crippen molar-refractivity contribution in [1.82, 2.24) is 4.98 Å². The van der Waals surface area contributed by atoms with Crippen LogP contribution in [0.3, 0.4) is 0 Å². The number of rotatable bonds is 5. The first kappa shape index (κ1) is 17.5. The Morgan fingerprint density at radius 3 is 2.87 bits per heavy atom. The number of esters is 1. The van der Waals surface area contributed by atoms with E-state index in [4.69, 9.17) is 4.74 Å². The lowest BCUT2D eigenvalue weighted by Crippen LogP contribution is -2.36. The molecule has 1 aromatic heterocycles. The van der Waals surface area contributed by atoms with Crippen molar-refractivity contribution in [2.24, 2.45) is 17.8 Å². The molecule has 6 heteroatoms. The molecule has 2 rings (SSSR count). The Labute approximate surface area is 140 Å². The number of carbonyl (C=O) groups excluding carboxylic acids is 2. The molecule has 0 saturated carbocycles. The predicted octanol–water partition coefficient (Wildman–Crippen LogP) is 2.94. The number of pyridine rings is 1. The average molecular weight is 335 g/mol. The molecular formula is C17H21NO4S. The maximum atomic E-state index is 12.0. The van der Waals surface area contributed by atoms with Gasteiger partial charge in [0, 0.05) is 24.4 Å². The van der Waals surface area contributed by atoms with E-state index in [1.165, 1.54) is 7.11 Å². The fourth-order valence-corrected chi connectivity index (χ4v) is 3.69. The molecule has 0 radical (unpaired) electrons. The Morgan fingerprint density at radius 1 is 1.52 bits per heavy atom. The van der Waals surface area contributed by atoms with Crippen molar-refractivity contribution in [2.45, 2.75) is 25.3 Å². The van der Waals surface area contributed by atoms with Gasteiger partial charge >= 0.3 is 5.97 Å². The lowest BCUT2D eigenvalue weighted by Gasteiger charge is -2.31. The molecule has 0 fully saturated rings. The minimum atomic E-state index is -0.765. The molecule has 0 saturated heterocycles. The molecule has 5 nitrogen and oxygen atoms in total. The lowest BCUT2D eigenvalue weighted by atomic mass is 9.75. The number of hydrogen-bond acceptors (Lipinski definition) is 6. The van der Waals surface area contributed by atoms with Gasteiger partial charge in [0.25, 0.3) is 0 Å². The molecule has 23 heavy (non-hydrogen) atoms. The van der Waals surface area contributed by atoms with E-state index < -0.39 is 11.9 Å². The van der Waals surface area contributed by atoms with Crippen LogP contribution in [0.15, 0.2) is 35.2 Å². The molecule has 1 aliphatic rings. The number of methoxy groups -OCH3 is 1. The first-order valence-corrected chi connectivity index (χ1v) is 8.47. The normalized spacial score (nSPS) is 22.4. The highest BCUT2D eigenvalue weighted by molar-refractivity contribution is 7.99. The standard InChI is InChI=1S/C17H21NO4S/c1-10-4-5-15(18-8-10)23-9-11(2)13-6-12(19)7-14(20)16(13)17(21)22-3/h4-5,7-8,11,13,16,20H,6,9H2,1-3H3. The number of aromatic nitrogens is 1. The van der Waals surface area contributed by atoms with Crippen molar-refractivity contribution in [1.29, 1.82) is 0 Å². The van der Waals surface area contributed by atoms with Crippen LogP contribution in [0.4, 0.5) is 0 Å². The Bertz CT molecular complexity index is 612. The fraction of sp³-hybridized carbons (Fsp3) is 0.471. The van der Waals surface area contributed by atoms with Gasteiger partial charge in [-0.15, -0.1) is 11.8 Å². The van der Waals surface area contributed by atoms with E-state index in [1.54, 1.807) is 11.8 Å². The van der Waals surface area contributed by atoms with E-state index in [9.17, 15) is 14.7 Å². The van der Waals surface area contributed by atoms with Gasteiger partial charge in [0.1, 0.15) is 11.7 Å². The molecule has 3 atom stereocenters. The van der Waals surface area contributed by atoms with Gasteiger partial charge in [-0.1, -0.05) is 13.0 Å². The van der Waals surface area contributed by atoms with Crippen molar-refractivity contribution in [3.8, 4) is 0 Å². The second-order valence-electron chi connectivity index (χ2n) is 5.87. The second-order valence-corrected chi connectivity index (χ2v) is 6.91. The molecule has 1 N–H and O–H groups in total. The van der Waals surface area contributed by atoms with Crippen LogP contribution >= 0.6 is 11.8 Å². The fourth-order valence-electron chi connectivity index (χ4n) is 2.72. The average Bonchev–Trinajstić information content (AvgIpc) is 2.52. The molecular weight excluding hydrogens is 314 g/mol. The Kier molecular flexibility index (Phi) is 5.82. The molecule has 0 amide bonds. The molecule has 0 bridgehead atoms. The summed E-state index contributed by atoms with van der Waals surface area (Å²) in [5.41, 5.74) is 1.10. The Hall–Kier alpha value is -1.82. The van der Waals surface area contributed by atoms with Crippen LogP contribution in [0, 0.1) is 24.7 Å². The predicted molar refractivity (Wildman–Crippen MR) is 88.2 cm³/mol. The number of carbonyl (C=O) groups is 2. The second kappa shape index (κ2) is 7.64. The zero-order chi connectivity index (χ0) is 17.0. The highest BCUT2D eigenvalue weighted by Crippen LogP contribution is 2.36. The summed E-state index contributed by atoms with van der Waals surface area (Å²) in [6.07, 6.45) is 3.19. The number of ketones is 1. The third kappa shape index (κ3) is 4.34. The Morgan fingerprint density at radius 2 is 2.26 bits per heavy atom. The van der Waals surface area contributed by atoms with E-state index in [0.29, 0.717) is 5.75 Å². The van der Waals surface area contributed by atoms with Crippen LogP contribution in [0.2, 0.25) is 0 Å². The van der Waals surface area contributed by atoms with Gasteiger partial charge < -0.3 is 9.84 Å². The minimum Gasteiger partial charge on any atom is -0.511 e. The van der Waals surface area contributed by atoms with E-state index in [2.05, 4.69) is 4.98 Å². The third-order valence-electron chi connectivity index (χ3n) is 4.06. The summed E-state index contributed by atoms with van der Waals surface area (Å²) in [5.74, 6) is -1.12. The Balaban J connectivity index is 2.07. The van der Waals surface area contributed by atoms with Crippen molar-refractivity contribution < 1.29 is 19.4 Å². The van der Waals surface area contributed by atoms with Crippen LogP contribution in [0.25, 0.3) is 0 Å². The van der Waals surface area contributed by atoms with Gasteiger partial charge in [-0.05, 0) is 30.4 Å². The number of allylic oxidation sites excluding steroid dienone is 1. The zero-order valence-corrected chi connectivity index (χ0v) is 14.3. The number of aryl methyl sites for hydroxylation is 1. The molecule has 124 valence electrons. The monoisotopic (exact) mass is 335 g/mol. The number of thioether (sulfide) groups is 1. The molecule has 1 heterocycles. The number of nitrogens with zero attached hydrogens (tertiary/aromatic N) is 1. The lowest BCUT2D eigenvalue weighted by molar-refractivity contribution is -0.148. The molecule has 0 aliphatic heterocycles. The SMILES string of the molecule is COC(=O)C1C(O)=CC(=O)CC1C(C)CSc1ccc(C)cn1. The largest absolute Gasteiger partial charge is 0.511 e. The summed E-state index contributed by atoms with van der Waals surface area (Å²) in [6, 6.07) is 3.95. The van der Waals surface area contributed by atoms with Crippen molar-refractivity contribution in [3.63, 3.8) is 0 Å². The first-order chi connectivity index (χ1) is 10.9. The number of ether oxygens (including phenoxy) is 1. The van der Waals surface area contributed by atoms with E-state index in [0.717, 1.165) is 16.7 Å². The van der Waals surface area contributed by atoms with Crippen molar-refractivity contribution in [2.75, 3.05) is 12.9 Å². The number of aliphatic hydroxyl groups is 1. The summed E-state index contributed by atoms with van der Waals surface area (Å²) in [5, 5.41) is 10.9. The van der Waals surface area contributed by atoms with Gasteiger partial charge in [-0.2, -0.15) is 0 Å². The van der Waals surface area contributed by atoms with Gasteiger partial charge in [0.05, 0.1) is 12.1 Å². The zero-order valence-electron chi connectivity index (χ0n) is 13.5. The summed E-state index contributed by atoms with van der Waals surface area (Å²) in [6.45, 7) is 3.96. The van der Waals surface area contributed by atoms with Crippen LogP contribution in [-0.2, 0) is 14.3 Å². The number of hydrogen-bond donors (Lipinski definition) is 1. The highest BCUT2D eigenvalue weighted by Gasteiger charge is 2.40. The minimum absolute atomic E-state index is 0.0482. The smallest absolute Gasteiger partial charge is 0.316 e. The van der Waals surface area contributed by atoms with Crippen LogP contribution in [0.5, 0.6) is 0 Å². The van der Waals surface area contributed by atoms with Crippen LogP contribution in [-0.4, -0.2) is 34.7 Å². The van der Waals surface area contributed by atoms with E-state index in [-0.39, 0.29) is 29.8 Å². The molecule has 0 spiro atoms. The van der Waals surface area contributed by atoms with Crippen LogP contribution in [0.1, 0.15) is 18.9 Å². The quantitative estimate of drug-likeness (QED) is 0.658. The van der Waals surface area contributed by atoms with Gasteiger partial charge in [0.2, 0.25) is 0 Å². The number of aliphatic hydroxyl groups excluding tert-OH is 1. The summed E-state index contributed by atoms with van der Waals surface area (Å²) < 4.78 is 4.78. The van der Waals surface area contributed by atoms with Crippen molar-refractivity contribution >= 4 is 23.5 Å². The van der Waals surface area contributed by atoms with Gasteiger partial charge in [-0.3, -0.25) is 9.59 Å². The van der Waals surface area contributed by atoms with E-state index >= 15 is 0 Å². The third-order valence-corrected chi connectivity index (χ3v) is 5.29. The molecule has 1 aliphatic carbocycles. The summed E-state index contributed by atoms with van der Waals surface area (Å²) in [7, 11) is 1.29. The molecule has 3 unspecified atom stereocenters. The maximum absolute atomic E-state index is 12.0. The van der Waals surface area contributed by atoms with Gasteiger partial charge in [-0.25, -0.2) is 4.98 Å². The maximum Gasteiger partial charge on any atom is 0.316 e. The molecule has 1 aromatic rings.